The molecule has 0 N–H and O–H groups in total. The van der Waals surface area contributed by atoms with Gasteiger partial charge < -0.3 is 9.64 Å². The summed E-state index contributed by atoms with van der Waals surface area (Å²) in [5.74, 6) is 0.204. The fourth-order valence-corrected chi connectivity index (χ4v) is 4.61. The zero-order valence-corrected chi connectivity index (χ0v) is 17.0. The number of hydrogen-bond donors (Lipinski definition) is 0. The molecule has 1 aliphatic heterocycles. The van der Waals surface area contributed by atoms with E-state index in [4.69, 9.17) is 4.74 Å². The van der Waals surface area contributed by atoms with Gasteiger partial charge in [-0.15, -0.1) is 0 Å². The second kappa shape index (κ2) is 8.65. The number of ether oxygens (including phenoxy) is 1. The molecule has 1 aliphatic rings. The van der Waals surface area contributed by atoms with E-state index in [1.54, 1.807) is 24.3 Å². The van der Waals surface area contributed by atoms with Gasteiger partial charge in [0.05, 0.1) is 22.6 Å². The number of sulfonamides is 1. The predicted molar refractivity (Wildman–Crippen MR) is 104 cm³/mol. The lowest BCUT2D eigenvalue weighted by Gasteiger charge is -2.34. The third kappa shape index (κ3) is 4.59. The molecule has 0 atom stereocenters. The van der Waals surface area contributed by atoms with Crippen molar-refractivity contribution in [1.29, 1.82) is 0 Å². The second-order valence-corrected chi connectivity index (χ2v) is 8.59. The first-order valence-electron chi connectivity index (χ1n) is 9.33. The Bertz CT molecular complexity index is 999. The second-order valence-electron chi connectivity index (χ2n) is 6.65. The van der Waals surface area contributed by atoms with E-state index in [9.17, 15) is 26.4 Å². The van der Waals surface area contributed by atoms with Crippen molar-refractivity contribution in [3.05, 3.63) is 59.7 Å². The molecule has 1 heterocycles. The normalized spacial score (nSPS) is 15.8. The van der Waals surface area contributed by atoms with Gasteiger partial charge in [0, 0.05) is 26.2 Å². The van der Waals surface area contributed by atoms with Gasteiger partial charge in [-0.2, -0.15) is 17.5 Å². The van der Waals surface area contributed by atoms with Crippen LogP contribution in [0.4, 0.5) is 13.2 Å². The summed E-state index contributed by atoms with van der Waals surface area (Å²) in [4.78, 5) is 14.2. The number of rotatable bonds is 5. The van der Waals surface area contributed by atoms with Crippen LogP contribution in [0.15, 0.2) is 53.4 Å². The molecule has 3 rings (SSSR count). The van der Waals surface area contributed by atoms with Crippen LogP contribution >= 0.6 is 0 Å². The standard InChI is InChI=1S/C20H21F3N2O4S/c1-2-29-18-6-4-3-5-17(18)19(26)24-11-13-25(14-12-24)30(27,28)16-9-7-15(8-10-16)20(21,22)23/h3-10H,2,11-14H2,1H3. The summed E-state index contributed by atoms with van der Waals surface area (Å²) in [6.07, 6.45) is -4.54. The Morgan fingerprint density at radius 1 is 1.00 bits per heavy atom. The average molecular weight is 442 g/mol. The molecule has 0 unspecified atom stereocenters. The summed E-state index contributed by atoms with van der Waals surface area (Å²) < 4.78 is 70.3. The van der Waals surface area contributed by atoms with E-state index in [0.717, 1.165) is 24.3 Å². The van der Waals surface area contributed by atoms with Crippen molar-refractivity contribution in [2.75, 3.05) is 32.8 Å². The molecule has 10 heteroatoms. The summed E-state index contributed by atoms with van der Waals surface area (Å²) >= 11 is 0. The SMILES string of the molecule is CCOc1ccccc1C(=O)N1CCN(S(=O)(=O)c2ccc(C(F)(F)F)cc2)CC1. The van der Waals surface area contributed by atoms with Gasteiger partial charge in [-0.1, -0.05) is 12.1 Å². The van der Waals surface area contributed by atoms with E-state index >= 15 is 0 Å². The molecule has 0 bridgehead atoms. The number of halogens is 3. The molecule has 0 aliphatic carbocycles. The fraction of sp³-hybridized carbons (Fsp3) is 0.350. The first-order chi connectivity index (χ1) is 14.1. The number of alkyl halides is 3. The summed E-state index contributed by atoms with van der Waals surface area (Å²) in [7, 11) is -3.95. The number of carbonyl (C=O) groups is 1. The Kier molecular flexibility index (Phi) is 6.37. The molecule has 0 radical (unpaired) electrons. The highest BCUT2D eigenvalue weighted by Gasteiger charge is 2.33. The lowest BCUT2D eigenvalue weighted by molar-refractivity contribution is -0.137. The Hall–Kier alpha value is -2.59. The summed E-state index contributed by atoms with van der Waals surface area (Å²) in [5, 5.41) is 0. The summed E-state index contributed by atoms with van der Waals surface area (Å²) in [5.41, 5.74) is -0.511. The molecule has 1 saturated heterocycles. The largest absolute Gasteiger partial charge is 0.493 e. The van der Waals surface area contributed by atoms with Crippen molar-refractivity contribution in [1.82, 2.24) is 9.21 Å². The lowest BCUT2D eigenvalue weighted by Crippen LogP contribution is -2.50. The smallest absolute Gasteiger partial charge is 0.416 e. The Morgan fingerprint density at radius 3 is 2.17 bits per heavy atom. The average Bonchev–Trinajstić information content (AvgIpc) is 2.73. The number of benzene rings is 2. The minimum Gasteiger partial charge on any atom is -0.493 e. The molecule has 2 aromatic carbocycles. The number of para-hydroxylation sites is 1. The van der Waals surface area contributed by atoms with Crippen LogP contribution in [0.3, 0.4) is 0 Å². The topological polar surface area (TPSA) is 66.9 Å². The van der Waals surface area contributed by atoms with Crippen molar-refractivity contribution < 1.29 is 31.1 Å². The molecule has 0 aromatic heterocycles. The van der Waals surface area contributed by atoms with Crippen LogP contribution < -0.4 is 4.74 Å². The predicted octanol–water partition coefficient (Wildman–Crippen LogP) is 3.25. The van der Waals surface area contributed by atoms with Crippen molar-refractivity contribution in [2.24, 2.45) is 0 Å². The maximum absolute atomic E-state index is 12.8. The van der Waals surface area contributed by atoms with Crippen LogP contribution in [0.1, 0.15) is 22.8 Å². The summed E-state index contributed by atoms with van der Waals surface area (Å²) in [6, 6.07) is 10.2. The molecule has 1 amide bonds. The maximum Gasteiger partial charge on any atom is 0.416 e. The molecular formula is C20H21F3N2O4S. The molecule has 0 saturated carbocycles. The monoisotopic (exact) mass is 442 g/mol. The number of nitrogens with zero attached hydrogens (tertiary/aromatic N) is 2. The number of piperazine rings is 1. The Balaban J connectivity index is 1.70. The van der Waals surface area contributed by atoms with E-state index in [0.29, 0.717) is 17.9 Å². The Labute approximate surface area is 172 Å². The molecule has 6 nitrogen and oxygen atoms in total. The summed E-state index contributed by atoms with van der Waals surface area (Å²) in [6.45, 7) is 2.64. The van der Waals surface area contributed by atoms with Crippen LogP contribution in [0, 0.1) is 0 Å². The minimum absolute atomic E-state index is 0.0475. The van der Waals surface area contributed by atoms with Crippen molar-refractivity contribution in [3.63, 3.8) is 0 Å². The first kappa shape index (κ1) is 22.1. The van der Waals surface area contributed by atoms with Crippen LogP contribution in [-0.2, 0) is 16.2 Å². The van der Waals surface area contributed by atoms with E-state index in [1.807, 2.05) is 6.92 Å². The quantitative estimate of drug-likeness (QED) is 0.713. The fourth-order valence-electron chi connectivity index (χ4n) is 3.19. The molecule has 162 valence electrons. The molecule has 1 fully saturated rings. The van der Waals surface area contributed by atoms with Crippen molar-refractivity contribution >= 4 is 15.9 Å². The van der Waals surface area contributed by atoms with Gasteiger partial charge in [-0.3, -0.25) is 4.79 Å². The van der Waals surface area contributed by atoms with Crippen LogP contribution in [0.2, 0.25) is 0 Å². The van der Waals surface area contributed by atoms with Gasteiger partial charge >= 0.3 is 6.18 Å². The van der Waals surface area contributed by atoms with Gasteiger partial charge in [0.25, 0.3) is 5.91 Å². The number of amides is 1. The van der Waals surface area contributed by atoms with Crippen LogP contribution in [-0.4, -0.2) is 56.3 Å². The number of hydrogen-bond acceptors (Lipinski definition) is 4. The van der Waals surface area contributed by atoms with Crippen LogP contribution in [0.5, 0.6) is 5.75 Å². The van der Waals surface area contributed by atoms with Gasteiger partial charge in [-0.05, 0) is 43.3 Å². The van der Waals surface area contributed by atoms with Gasteiger partial charge in [0.1, 0.15) is 5.75 Å². The van der Waals surface area contributed by atoms with Gasteiger partial charge in [0.15, 0.2) is 0 Å². The zero-order valence-electron chi connectivity index (χ0n) is 16.2. The third-order valence-electron chi connectivity index (χ3n) is 4.76. The van der Waals surface area contributed by atoms with Gasteiger partial charge in [0.2, 0.25) is 10.0 Å². The third-order valence-corrected chi connectivity index (χ3v) is 6.68. The van der Waals surface area contributed by atoms with Crippen molar-refractivity contribution in [3.8, 4) is 5.75 Å². The van der Waals surface area contributed by atoms with E-state index in [-0.39, 0.29) is 37.0 Å². The lowest BCUT2D eigenvalue weighted by atomic mass is 10.1. The Morgan fingerprint density at radius 2 is 1.60 bits per heavy atom. The van der Waals surface area contributed by atoms with Gasteiger partial charge in [-0.25, -0.2) is 8.42 Å². The van der Waals surface area contributed by atoms with E-state index in [1.165, 1.54) is 9.21 Å². The maximum atomic E-state index is 12.8. The highest BCUT2D eigenvalue weighted by molar-refractivity contribution is 7.89. The van der Waals surface area contributed by atoms with Crippen LogP contribution in [0.25, 0.3) is 0 Å². The van der Waals surface area contributed by atoms with Crippen molar-refractivity contribution in [2.45, 2.75) is 18.0 Å². The number of carbonyl (C=O) groups excluding carboxylic acids is 1. The van der Waals surface area contributed by atoms with E-state index in [2.05, 4.69) is 0 Å². The minimum atomic E-state index is -4.54. The highest BCUT2D eigenvalue weighted by Crippen LogP contribution is 2.30. The zero-order chi connectivity index (χ0) is 21.9. The van der Waals surface area contributed by atoms with E-state index < -0.39 is 21.8 Å². The molecular weight excluding hydrogens is 421 g/mol. The first-order valence-corrected chi connectivity index (χ1v) is 10.8. The highest BCUT2D eigenvalue weighted by atomic mass is 32.2. The molecule has 0 spiro atoms. The molecule has 30 heavy (non-hydrogen) atoms. The molecule has 2 aromatic rings.